The third-order valence-corrected chi connectivity index (χ3v) is 9.82. The topological polar surface area (TPSA) is 123 Å². The number of aryl methyl sites for hydroxylation is 1. The summed E-state index contributed by atoms with van der Waals surface area (Å²) < 4.78 is 18.0. The first kappa shape index (κ1) is 25.4. The molecule has 1 saturated heterocycles. The summed E-state index contributed by atoms with van der Waals surface area (Å²) in [7, 11) is 3.64. The lowest BCUT2D eigenvalue weighted by molar-refractivity contribution is 0.113. The molecule has 11 heteroatoms. The van der Waals surface area contributed by atoms with Gasteiger partial charge in [0.25, 0.3) is 5.88 Å². The average Bonchev–Trinajstić information content (AvgIpc) is 3.61. The van der Waals surface area contributed by atoms with Gasteiger partial charge in [-0.3, -0.25) is 4.90 Å². The van der Waals surface area contributed by atoms with Crippen molar-refractivity contribution in [3.63, 3.8) is 0 Å². The minimum Gasteiger partial charge on any atom is -0.489 e. The highest BCUT2D eigenvalue weighted by Gasteiger charge is 2.49. The second kappa shape index (κ2) is 9.70. The van der Waals surface area contributed by atoms with Crippen LogP contribution in [0.3, 0.4) is 0 Å². The maximum Gasteiger partial charge on any atom is 0.262 e. The molecular formula is C27H31ClN6O3S. The molecule has 2 aliphatic carbocycles. The number of likely N-dealkylation sites (tertiary alicyclic amines) is 1. The van der Waals surface area contributed by atoms with E-state index in [1.54, 1.807) is 0 Å². The summed E-state index contributed by atoms with van der Waals surface area (Å²) in [5.74, 6) is 1.75. The number of likely N-dealkylation sites (N-methyl/N-ethyl adjacent to an activating group) is 1. The molecule has 0 radical (unpaired) electrons. The average molecular weight is 555 g/mol. The molecule has 9 nitrogen and oxygen atoms in total. The lowest BCUT2D eigenvalue weighted by atomic mass is 9.63. The first-order chi connectivity index (χ1) is 18.4. The molecule has 4 heterocycles. The van der Waals surface area contributed by atoms with Crippen LogP contribution in [-0.4, -0.2) is 52.9 Å². The van der Waals surface area contributed by atoms with E-state index in [2.05, 4.69) is 28.2 Å². The molecule has 3 aromatic rings. The summed E-state index contributed by atoms with van der Waals surface area (Å²) in [4.78, 5) is 12.8. The molecule has 0 amide bonds. The van der Waals surface area contributed by atoms with Crippen molar-refractivity contribution in [3.8, 4) is 29.2 Å². The fourth-order valence-corrected chi connectivity index (χ4v) is 8.16. The Morgan fingerprint density at radius 2 is 2.05 bits per heavy atom. The Hall–Kier alpha value is -2.87. The van der Waals surface area contributed by atoms with E-state index < -0.39 is 5.41 Å². The number of nitrogens with zero attached hydrogens (tertiary/aromatic N) is 5. The largest absolute Gasteiger partial charge is 0.489 e. The fourth-order valence-electron chi connectivity index (χ4n) is 6.76. The highest BCUT2D eigenvalue weighted by atomic mass is 35.5. The quantitative estimate of drug-likeness (QED) is 0.427. The van der Waals surface area contributed by atoms with E-state index in [0.717, 1.165) is 74.8 Å². The van der Waals surface area contributed by atoms with Crippen LogP contribution in [0.15, 0.2) is 4.52 Å². The standard InChI is InChI=1S/C27H31ClN6O3S/c1-14(17-8-6-12-34(17)2)36-26-21(35-3)23(28)31-25(32-26)20-15-7-4-10-27(22(15)37-33-20)11-5-9-18-19(27)16(13-29)24(30)38-18/h14,17H,4-12,30H2,1-3H3/t14-,17-,27-/m0/s1. The van der Waals surface area contributed by atoms with Gasteiger partial charge in [-0.25, -0.2) is 4.98 Å². The normalized spacial score (nSPS) is 23.6. The van der Waals surface area contributed by atoms with Gasteiger partial charge in [-0.05, 0) is 77.4 Å². The second-order valence-corrected chi connectivity index (χ2v) is 12.1. The molecule has 2 N–H and O–H groups in total. The number of fused-ring (bicyclic) bond motifs is 4. The van der Waals surface area contributed by atoms with Crippen molar-refractivity contribution in [2.75, 3.05) is 26.4 Å². The van der Waals surface area contributed by atoms with Gasteiger partial charge in [-0.2, -0.15) is 10.2 Å². The zero-order valence-corrected chi connectivity index (χ0v) is 23.4. The number of nitriles is 1. The van der Waals surface area contributed by atoms with Gasteiger partial charge in [-0.15, -0.1) is 11.3 Å². The predicted octanol–water partition coefficient (Wildman–Crippen LogP) is 5.13. The van der Waals surface area contributed by atoms with E-state index in [-0.39, 0.29) is 17.3 Å². The van der Waals surface area contributed by atoms with Crippen molar-refractivity contribution < 1.29 is 14.0 Å². The number of nitrogens with two attached hydrogens (primary N) is 1. The minimum atomic E-state index is -0.414. The first-order valence-corrected chi connectivity index (χ1v) is 14.4. The predicted molar refractivity (Wildman–Crippen MR) is 145 cm³/mol. The summed E-state index contributed by atoms with van der Waals surface area (Å²) in [6.07, 6.45) is 7.50. The lowest BCUT2D eigenvalue weighted by Gasteiger charge is -2.39. The smallest absolute Gasteiger partial charge is 0.262 e. The van der Waals surface area contributed by atoms with Crippen LogP contribution in [0, 0.1) is 11.3 Å². The van der Waals surface area contributed by atoms with Gasteiger partial charge in [-0.1, -0.05) is 16.8 Å². The van der Waals surface area contributed by atoms with E-state index in [9.17, 15) is 5.26 Å². The van der Waals surface area contributed by atoms with E-state index in [4.69, 9.17) is 36.3 Å². The Balaban J connectivity index is 1.43. The SMILES string of the molecule is COc1c(Cl)nc(-c2noc3c2CCC[C@@]32CCCc3sc(N)c(C#N)c32)nc1O[C@@H](C)[C@@H]1CCCN1C. The molecule has 3 atom stereocenters. The van der Waals surface area contributed by atoms with Gasteiger partial charge in [0.1, 0.15) is 17.2 Å². The van der Waals surface area contributed by atoms with Crippen LogP contribution in [-0.2, 0) is 18.3 Å². The van der Waals surface area contributed by atoms with Crippen LogP contribution >= 0.6 is 22.9 Å². The van der Waals surface area contributed by atoms with E-state index >= 15 is 0 Å². The summed E-state index contributed by atoms with van der Waals surface area (Å²) in [5.41, 5.74) is 9.01. The van der Waals surface area contributed by atoms with Gasteiger partial charge in [0, 0.05) is 16.5 Å². The molecular weight excluding hydrogens is 524 g/mol. The molecule has 200 valence electrons. The van der Waals surface area contributed by atoms with Crippen molar-refractivity contribution in [2.24, 2.45) is 0 Å². The van der Waals surface area contributed by atoms with E-state index in [1.165, 1.54) is 23.3 Å². The van der Waals surface area contributed by atoms with Crippen LogP contribution < -0.4 is 15.2 Å². The van der Waals surface area contributed by atoms with Crippen LogP contribution in [0.4, 0.5) is 5.00 Å². The van der Waals surface area contributed by atoms with Crippen molar-refractivity contribution in [1.82, 2.24) is 20.0 Å². The summed E-state index contributed by atoms with van der Waals surface area (Å²) in [6, 6.07) is 2.65. The third kappa shape index (κ3) is 3.86. The summed E-state index contributed by atoms with van der Waals surface area (Å²) in [6.45, 7) is 3.09. The molecule has 38 heavy (non-hydrogen) atoms. The fraction of sp³-hybridized carbons (Fsp3) is 0.556. The number of anilines is 1. The van der Waals surface area contributed by atoms with Gasteiger partial charge < -0.3 is 19.7 Å². The van der Waals surface area contributed by atoms with Crippen LogP contribution in [0.2, 0.25) is 5.15 Å². The van der Waals surface area contributed by atoms with Gasteiger partial charge >= 0.3 is 0 Å². The Bertz CT molecular complexity index is 1430. The maximum atomic E-state index is 9.95. The molecule has 1 fully saturated rings. The number of hydrogen-bond acceptors (Lipinski definition) is 10. The van der Waals surface area contributed by atoms with Gasteiger partial charge in [0.2, 0.25) is 5.75 Å². The molecule has 0 unspecified atom stereocenters. The number of hydrogen-bond donors (Lipinski definition) is 1. The zero-order valence-electron chi connectivity index (χ0n) is 21.8. The highest BCUT2D eigenvalue weighted by Crippen LogP contribution is 2.55. The minimum absolute atomic E-state index is 0.112. The van der Waals surface area contributed by atoms with Gasteiger partial charge in [0.15, 0.2) is 22.4 Å². The zero-order chi connectivity index (χ0) is 26.6. The van der Waals surface area contributed by atoms with Crippen molar-refractivity contribution in [3.05, 3.63) is 32.5 Å². The van der Waals surface area contributed by atoms with Crippen molar-refractivity contribution in [1.29, 1.82) is 5.26 Å². The molecule has 3 aliphatic rings. The Kier molecular flexibility index (Phi) is 6.49. The molecule has 3 aromatic heterocycles. The lowest BCUT2D eigenvalue weighted by Crippen LogP contribution is -2.38. The molecule has 1 spiro atoms. The van der Waals surface area contributed by atoms with Gasteiger partial charge in [0.05, 0.1) is 18.1 Å². The number of methoxy groups -OCH3 is 1. The number of ether oxygens (including phenoxy) is 2. The first-order valence-electron chi connectivity index (χ1n) is 13.2. The molecule has 0 saturated carbocycles. The highest BCUT2D eigenvalue weighted by molar-refractivity contribution is 7.16. The monoisotopic (exact) mass is 554 g/mol. The number of halogens is 1. The molecule has 1 aliphatic heterocycles. The van der Waals surface area contributed by atoms with Crippen LogP contribution in [0.25, 0.3) is 11.5 Å². The number of nitrogen functional groups attached to an aromatic ring is 1. The molecule has 0 aromatic carbocycles. The number of aromatic nitrogens is 3. The Morgan fingerprint density at radius 3 is 2.76 bits per heavy atom. The third-order valence-electron chi connectivity index (χ3n) is 8.48. The summed E-state index contributed by atoms with van der Waals surface area (Å²) >= 11 is 8.11. The van der Waals surface area contributed by atoms with Crippen LogP contribution in [0.5, 0.6) is 11.6 Å². The van der Waals surface area contributed by atoms with Crippen molar-refractivity contribution in [2.45, 2.75) is 75.9 Å². The number of thiophene rings is 1. The number of rotatable bonds is 5. The summed E-state index contributed by atoms with van der Waals surface area (Å²) in [5, 5.41) is 15.2. The van der Waals surface area contributed by atoms with Crippen LogP contribution in [0.1, 0.15) is 72.8 Å². The molecule has 6 rings (SSSR count). The van der Waals surface area contributed by atoms with E-state index in [0.29, 0.717) is 33.7 Å². The van der Waals surface area contributed by atoms with E-state index in [1.807, 2.05) is 6.92 Å². The Labute approximate surface area is 230 Å². The van der Waals surface area contributed by atoms with Crippen molar-refractivity contribution >= 4 is 27.9 Å². The maximum absolute atomic E-state index is 9.95. The Morgan fingerprint density at radius 1 is 1.26 bits per heavy atom. The second-order valence-electron chi connectivity index (χ2n) is 10.6. The molecule has 0 bridgehead atoms.